The molecule has 3 aromatic carbocycles. The lowest BCUT2D eigenvalue weighted by molar-refractivity contribution is -0.148. The van der Waals surface area contributed by atoms with E-state index in [1.165, 1.54) is 0 Å². The molecule has 36 heavy (non-hydrogen) atoms. The van der Waals surface area contributed by atoms with Gasteiger partial charge in [0, 0.05) is 23.1 Å². The van der Waals surface area contributed by atoms with Crippen LogP contribution in [0, 0.1) is 5.92 Å². The first kappa shape index (κ1) is 23.6. The number of hydrogen-bond acceptors (Lipinski definition) is 5. The number of urea groups is 1. The molecule has 1 N–H and O–H groups in total. The van der Waals surface area contributed by atoms with E-state index in [-0.39, 0.29) is 6.61 Å². The smallest absolute Gasteiger partial charge is 0.341 e. The zero-order valence-corrected chi connectivity index (χ0v) is 20.1. The highest BCUT2D eigenvalue weighted by Crippen LogP contribution is 2.31. The number of carbonyl (C=O) groups excluding carboxylic acids is 2. The predicted molar refractivity (Wildman–Crippen MR) is 138 cm³/mol. The van der Waals surface area contributed by atoms with E-state index < -0.39 is 24.0 Å². The molecule has 2 amide bonds. The van der Waals surface area contributed by atoms with E-state index in [9.17, 15) is 9.59 Å². The second-order valence-electron chi connectivity index (χ2n) is 8.54. The summed E-state index contributed by atoms with van der Waals surface area (Å²) in [5.41, 5.74) is 4.46. The fourth-order valence-electron chi connectivity index (χ4n) is 4.36. The number of carbonyl (C=O) groups is 2. The van der Waals surface area contributed by atoms with Crippen LogP contribution in [0.15, 0.2) is 90.2 Å². The molecule has 0 bridgehead atoms. The summed E-state index contributed by atoms with van der Waals surface area (Å²) >= 11 is 6.14. The second kappa shape index (κ2) is 10.7. The van der Waals surface area contributed by atoms with Gasteiger partial charge in [0.2, 0.25) is 0 Å². The van der Waals surface area contributed by atoms with Crippen LogP contribution in [0.4, 0.5) is 4.79 Å². The number of esters is 1. The molecule has 4 aromatic rings. The molecular formula is C28H23ClN4O3. The number of benzene rings is 3. The highest BCUT2D eigenvalue weighted by molar-refractivity contribution is 6.30. The summed E-state index contributed by atoms with van der Waals surface area (Å²) < 4.78 is 5.72. The van der Waals surface area contributed by atoms with Gasteiger partial charge in [0.1, 0.15) is 12.5 Å². The number of aliphatic imine (C=N–C) groups is 1. The van der Waals surface area contributed by atoms with Crippen molar-refractivity contribution in [2.45, 2.75) is 25.5 Å². The summed E-state index contributed by atoms with van der Waals surface area (Å²) in [7, 11) is 0. The Kier molecular flexibility index (Phi) is 7.00. The van der Waals surface area contributed by atoms with Gasteiger partial charge in [0.05, 0.1) is 17.1 Å². The van der Waals surface area contributed by atoms with Crippen molar-refractivity contribution in [3.05, 3.63) is 107 Å². The Hall–Kier alpha value is -4.10. The number of hydrogen-bond donors (Lipinski definition) is 1. The number of amides is 2. The topological polar surface area (TPSA) is 93.5 Å². The maximum atomic E-state index is 13.5. The maximum Gasteiger partial charge on any atom is 0.341 e. The molecule has 180 valence electrons. The first-order valence-electron chi connectivity index (χ1n) is 11.6. The van der Waals surface area contributed by atoms with E-state index in [0.29, 0.717) is 29.1 Å². The summed E-state index contributed by atoms with van der Waals surface area (Å²) in [5, 5.41) is 3.50. The summed E-state index contributed by atoms with van der Waals surface area (Å²) in [6, 6.07) is 21.3. The zero-order valence-electron chi connectivity index (χ0n) is 19.3. The van der Waals surface area contributed by atoms with E-state index >= 15 is 0 Å². The fraction of sp³-hybridized carbons (Fsp3) is 0.179. The molecule has 1 aliphatic heterocycles. The molecule has 0 saturated heterocycles. The third kappa shape index (κ3) is 5.42. The van der Waals surface area contributed by atoms with E-state index in [0.717, 1.165) is 22.2 Å². The third-order valence-electron chi connectivity index (χ3n) is 6.11. The number of nitrogens with one attached hydrogen (secondary N) is 1. The van der Waals surface area contributed by atoms with Crippen molar-refractivity contribution in [2.24, 2.45) is 10.9 Å². The van der Waals surface area contributed by atoms with Crippen molar-refractivity contribution in [1.82, 2.24) is 15.3 Å². The molecule has 0 aliphatic carbocycles. The first-order valence-corrected chi connectivity index (χ1v) is 12.0. The second-order valence-corrected chi connectivity index (χ2v) is 8.97. The lowest BCUT2D eigenvalue weighted by atomic mass is 9.85. The minimum atomic E-state index is -0.792. The van der Waals surface area contributed by atoms with Gasteiger partial charge in [-0.05, 0) is 53.8 Å². The molecule has 0 saturated carbocycles. The molecule has 8 heteroatoms. The van der Waals surface area contributed by atoms with Crippen molar-refractivity contribution < 1.29 is 14.3 Å². The van der Waals surface area contributed by atoms with Gasteiger partial charge in [-0.15, -0.1) is 0 Å². The van der Waals surface area contributed by atoms with Crippen LogP contribution in [0.5, 0.6) is 0 Å². The van der Waals surface area contributed by atoms with Gasteiger partial charge < -0.3 is 10.1 Å². The van der Waals surface area contributed by atoms with Crippen molar-refractivity contribution in [3.63, 3.8) is 0 Å². The number of rotatable bonds is 7. The SMILES string of the molecule is O=C1N=C(CCc2cccc(Cl)c2)C(C(=O)OCc2ccccc2)C(c2ccc3nccnc3c2)N1. The van der Waals surface area contributed by atoms with Gasteiger partial charge in [0.15, 0.2) is 0 Å². The van der Waals surface area contributed by atoms with Crippen LogP contribution >= 0.6 is 11.6 Å². The highest BCUT2D eigenvalue weighted by atomic mass is 35.5. The van der Waals surface area contributed by atoms with Crippen LogP contribution in [0.1, 0.15) is 29.2 Å². The summed E-state index contributed by atoms with van der Waals surface area (Å²) in [6.45, 7) is 0.127. The summed E-state index contributed by atoms with van der Waals surface area (Å²) in [4.78, 5) is 39.0. The first-order chi connectivity index (χ1) is 17.6. The van der Waals surface area contributed by atoms with Gasteiger partial charge in [0.25, 0.3) is 0 Å². The number of aryl methyl sites for hydroxylation is 1. The van der Waals surface area contributed by atoms with Crippen molar-refractivity contribution in [2.75, 3.05) is 0 Å². The molecule has 5 rings (SSSR count). The Morgan fingerprint density at radius 2 is 1.67 bits per heavy atom. The van der Waals surface area contributed by atoms with Crippen molar-refractivity contribution >= 4 is 40.3 Å². The lowest BCUT2D eigenvalue weighted by Gasteiger charge is -2.31. The third-order valence-corrected chi connectivity index (χ3v) is 6.34. The monoisotopic (exact) mass is 498 g/mol. The Balaban J connectivity index is 1.46. The quantitative estimate of drug-likeness (QED) is 0.340. The van der Waals surface area contributed by atoms with Crippen molar-refractivity contribution in [1.29, 1.82) is 0 Å². The van der Waals surface area contributed by atoms with E-state index in [2.05, 4.69) is 20.3 Å². The van der Waals surface area contributed by atoms with Crippen LogP contribution in [0.25, 0.3) is 11.0 Å². The van der Waals surface area contributed by atoms with Crippen molar-refractivity contribution in [3.8, 4) is 0 Å². The minimum absolute atomic E-state index is 0.127. The molecule has 2 atom stereocenters. The van der Waals surface area contributed by atoms with Crippen LogP contribution in [0.3, 0.4) is 0 Å². The highest BCUT2D eigenvalue weighted by Gasteiger charge is 2.39. The molecule has 0 radical (unpaired) electrons. The van der Waals surface area contributed by atoms with Gasteiger partial charge in [-0.2, -0.15) is 0 Å². The molecule has 7 nitrogen and oxygen atoms in total. The van der Waals surface area contributed by atoms with Crippen LogP contribution in [0.2, 0.25) is 5.02 Å². The average Bonchev–Trinajstić information content (AvgIpc) is 2.90. The number of halogens is 1. The van der Waals surface area contributed by atoms with Gasteiger partial charge >= 0.3 is 12.0 Å². The summed E-state index contributed by atoms with van der Waals surface area (Å²) in [6.07, 6.45) is 4.21. The van der Waals surface area contributed by atoms with Crippen LogP contribution in [-0.2, 0) is 22.6 Å². The Morgan fingerprint density at radius 3 is 2.47 bits per heavy atom. The molecule has 0 spiro atoms. The molecule has 0 fully saturated rings. The Bertz CT molecular complexity index is 1440. The Morgan fingerprint density at radius 1 is 0.889 bits per heavy atom. The number of aromatic nitrogens is 2. The molecule has 1 aromatic heterocycles. The fourth-order valence-corrected chi connectivity index (χ4v) is 4.57. The zero-order chi connectivity index (χ0) is 24.9. The average molecular weight is 499 g/mol. The standard InChI is InChI=1S/C28H23ClN4O3/c29-21-8-4-7-18(15-21)9-11-23-25(27(34)36-17-19-5-2-1-3-6-19)26(33-28(35)32-23)20-10-12-22-24(16-20)31-14-13-30-22/h1-8,10,12-16,25-26H,9,11,17H2,(H,33,35). The van der Waals surface area contributed by atoms with E-state index in [4.69, 9.17) is 16.3 Å². The maximum absolute atomic E-state index is 13.5. The minimum Gasteiger partial charge on any atom is -0.460 e. The molecule has 2 heterocycles. The van der Waals surface area contributed by atoms with Crippen LogP contribution < -0.4 is 5.32 Å². The largest absolute Gasteiger partial charge is 0.460 e. The van der Waals surface area contributed by atoms with E-state index in [1.807, 2.05) is 66.7 Å². The molecule has 2 unspecified atom stereocenters. The lowest BCUT2D eigenvalue weighted by Crippen LogP contribution is -2.45. The van der Waals surface area contributed by atoms with Crippen LogP contribution in [-0.4, -0.2) is 27.7 Å². The number of nitrogens with zero attached hydrogens (tertiary/aromatic N) is 3. The summed E-state index contributed by atoms with van der Waals surface area (Å²) in [5.74, 6) is -1.24. The Labute approximate surface area is 213 Å². The normalized spacial score (nSPS) is 17.4. The number of ether oxygens (including phenoxy) is 1. The van der Waals surface area contributed by atoms with Gasteiger partial charge in [-0.25, -0.2) is 9.79 Å². The molecule has 1 aliphatic rings. The predicted octanol–water partition coefficient (Wildman–Crippen LogP) is 5.48. The molecular weight excluding hydrogens is 476 g/mol. The number of fused-ring (bicyclic) bond motifs is 1. The van der Waals surface area contributed by atoms with Gasteiger partial charge in [-0.3, -0.25) is 14.8 Å². The van der Waals surface area contributed by atoms with E-state index in [1.54, 1.807) is 18.5 Å². The van der Waals surface area contributed by atoms with Gasteiger partial charge in [-0.1, -0.05) is 60.1 Å².